The zero-order valence-corrected chi connectivity index (χ0v) is 20.0. The lowest BCUT2D eigenvalue weighted by Crippen LogP contribution is -2.22. The molecule has 0 aliphatic rings. The van der Waals surface area contributed by atoms with Gasteiger partial charge in [0.1, 0.15) is 18.2 Å². The summed E-state index contributed by atoms with van der Waals surface area (Å²) in [7, 11) is 3.94. The van der Waals surface area contributed by atoms with Crippen LogP contribution < -0.4 is 10.3 Å². The Kier molecular flexibility index (Phi) is 8.62. The molecule has 4 rings (SSSR count). The van der Waals surface area contributed by atoms with E-state index in [2.05, 4.69) is 15.1 Å². The highest BCUT2D eigenvalue weighted by molar-refractivity contribution is 5.85. The summed E-state index contributed by atoms with van der Waals surface area (Å²) >= 11 is 0. The van der Waals surface area contributed by atoms with Gasteiger partial charge >= 0.3 is 0 Å². The minimum atomic E-state index is -0.712. The summed E-state index contributed by atoms with van der Waals surface area (Å²) in [6.45, 7) is 1.49. The van der Waals surface area contributed by atoms with Crippen LogP contribution in [0.15, 0.2) is 71.8 Å². The number of rotatable bonds is 8. The van der Waals surface area contributed by atoms with Crippen LogP contribution >= 0.6 is 12.4 Å². The molecule has 0 unspecified atom stereocenters. The zero-order valence-electron chi connectivity index (χ0n) is 19.2. The molecule has 4 aromatic rings. The van der Waals surface area contributed by atoms with E-state index in [1.165, 1.54) is 28.9 Å². The van der Waals surface area contributed by atoms with Gasteiger partial charge in [-0.05, 0) is 43.9 Å². The SMILES string of the molecule is CN(C)CCOc1cnc(-c2cccc(Cn3nc(-c4cc(F)cc(F)c4)ccc3=O)c2)nc1.Cl. The van der Waals surface area contributed by atoms with Gasteiger partial charge < -0.3 is 9.64 Å². The van der Waals surface area contributed by atoms with Crippen molar-refractivity contribution in [3.8, 4) is 28.4 Å². The van der Waals surface area contributed by atoms with Crippen LogP contribution in [0.1, 0.15) is 5.56 Å². The van der Waals surface area contributed by atoms with Crippen LogP contribution in [0.4, 0.5) is 8.78 Å². The van der Waals surface area contributed by atoms with Crippen molar-refractivity contribution in [1.82, 2.24) is 24.6 Å². The van der Waals surface area contributed by atoms with Gasteiger partial charge in [0, 0.05) is 29.8 Å². The summed E-state index contributed by atoms with van der Waals surface area (Å²) in [4.78, 5) is 23.1. The fourth-order valence-corrected chi connectivity index (χ4v) is 3.29. The molecule has 35 heavy (non-hydrogen) atoms. The van der Waals surface area contributed by atoms with Crippen LogP contribution in [0.3, 0.4) is 0 Å². The molecule has 7 nitrogen and oxygen atoms in total. The Morgan fingerprint density at radius 2 is 1.66 bits per heavy atom. The van der Waals surface area contributed by atoms with Gasteiger partial charge in [0.2, 0.25) is 0 Å². The molecule has 0 bridgehead atoms. The summed E-state index contributed by atoms with van der Waals surface area (Å²) in [5.74, 6) is -0.318. The predicted octanol–water partition coefficient (Wildman–Crippen LogP) is 4.06. The number of hydrogen-bond acceptors (Lipinski definition) is 6. The summed E-state index contributed by atoms with van der Waals surface area (Å²) in [6.07, 6.45) is 3.25. The molecular formula is C25H24ClF2N5O2. The van der Waals surface area contributed by atoms with E-state index in [1.54, 1.807) is 12.4 Å². The molecule has 0 amide bonds. The second-order valence-electron chi connectivity index (χ2n) is 7.97. The third kappa shape index (κ3) is 6.91. The summed E-state index contributed by atoms with van der Waals surface area (Å²) in [6, 6.07) is 13.3. The van der Waals surface area contributed by atoms with Crippen molar-refractivity contribution in [2.24, 2.45) is 0 Å². The lowest BCUT2D eigenvalue weighted by molar-refractivity contribution is 0.260. The van der Waals surface area contributed by atoms with Gasteiger partial charge in [-0.25, -0.2) is 23.4 Å². The maximum absolute atomic E-state index is 13.6. The monoisotopic (exact) mass is 499 g/mol. The Morgan fingerprint density at radius 1 is 0.943 bits per heavy atom. The van der Waals surface area contributed by atoms with Crippen molar-refractivity contribution in [2.75, 3.05) is 27.2 Å². The average molecular weight is 500 g/mol. The van der Waals surface area contributed by atoms with E-state index in [9.17, 15) is 13.6 Å². The normalized spacial score (nSPS) is 10.8. The number of nitrogens with zero attached hydrogens (tertiary/aromatic N) is 5. The molecule has 2 aromatic heterocycles. The van der Waals surface area contributed by atoms with Gasteiger partial charge in [0.25, 0.3) is 5.56 Å². The van der Waals surface area contributed by atoms with Crippen molar-refractivity contribution < 1.29 is 13.5 Å². The van der Waals surface area contributed by atoms with Crippen molar-refractivity contribution in [1.29, 1.82) is 0 Å². The van der Waals surface area contributed by atoms with Gasteiger partial charge in [-0.3, -0.25) is 4.79 Å². The highest BCUT2D eigenvalue weighted by Crippen LogP contribution is 2.20. The molecule has 0 atom stereocenters. The van der Waals surface area contributed by atoms with Crippen molar-refractivity contribution in [2.45, 2.75) is 6.54 Å². The van der Waals surface area contributed by atoms with E-state index >= 15 is 0 Å². The lowest BCUT2D eigenvalue weighted by Gasteiger charge is -2.11. The molecule has 182 valence electrons. The number of halogens is 3. The Morgan fingerprint density at radius 3 is 2.34 bits per heavy atom. The van der Waals surface area contributed by atoms with E-state index in [-0.39, 0.29) is 30.1 Å². The number of aromatic nitrogens is 4. The smallest absolute Gasteiger partial charge is 0.267 e. The van der Waals surface area contributed by atoms with Gasteiger partial charge in [-0.15, -0.1) is 12.4 Å². The standard InChI is InChI=1S/C25H23F2N5O2.ClH/c1-31(2)8-9-34-22-14-28-25(29-15-22)18-5-3-4-17(10-18)16-32-24(33)7-6-23(30-32)19-11-20(26)13-21(27)12-19;/h3-7,10-15H,8-9,16H2,1-2H3;1H. The summed E-state index contributed by atoms with van der Waals surface area (Å²) in [5, 5.41) is 4.29. The Hall–Kier alpha value is -3.69. The number of hydrogen-bond donors (Lipinski definition) is 0. The lowest BCUT2D eigenvalue weighted by atomic mass is 10.1. The molecule has 2 heterocycles. The molecule has 0 radical (unpaired) electrons. The number of likely N-dealkylation sites (N-methyl/N-ethyl adjacent to an activating group) is 1. The highest BCUT2D eigenvalue weighted by atomic mass is 35.5. The van der Waals surface area contributed by atoms with E-state index in [0.29, 0.717) is 23.9 Å². The van der Waals surface area contributed by atoms with Crippen LogP contribution in [-0.2, 0) is 6.54 Å². The Labute approximate surface area is 207 Å². The van der Waals surface area contributed by atoms with Gasteiger partial charge in [-0.2, -0.15) is 5.10 Å². The molecule has 0 aliphatic carbocycles. The number of ether oxygens (including phenoxy) is 1. The molecular weight excluding hydrogens is 476 g/mol. The third-order valence-electron chi connectivity index (χ3n) is 4.98. The molecule has 0 fully saturated rings. The Bertz CT molecular complexity index is 1330. The summed E-state index contributed by atoms with van der Waals surface area (Å²) in [5.41, 5.74) is 1.78. The van der Waals surface area contributed by atoms with E-state index in [1.807, 2.05) is 43.3 Å². The average Bonchev–Trinajstić information content (AvgIpc) is 2.80. The quantitative estimate of drug-likeness (QED) is 0.364. The minimum Gasteiger partial charge on any atom is -0.489 e. The first kappa shape index (κ1) is 25.9. The van der Waals surface area contributed by atoms with Crippen molar-refractivity contribution >= 4 is 12.4 Å². The second-order valence-corrected chi connectivity index (χ2v) is 7.97. The zero-order chi connectivity index (χ0) is 24.1. The largest absolute Gasteiger partial charge is 0.489 e. The summed E-state index contributed by atoms with van der Waals surface area (Å²) < 4.78 is 34.1. The van der Waals surface area contributed by atoms with Crippen molar-refractivity contribution in [3.05, 3.63) is 94.5 Å². The fourth-order valence-electron chi connectivity index (χ4n) is 3.29. The molecule has 2 aromatic carbocycles. The van der Waals surface area contributed by atoms with Crippen LogP contribution in [0.5, 0.6) is 5.75 Å². The third-order valence-corrected chi connectivity index (χ3v) is 4.98. The maximum Gasteiger partial charge on any atom is 0.267 e. The fraction of sp³-hybridized carbons (Fsp3) is 0.200. The molecule has 10 heteroatoms. The Balaban J connectivity index is 0.00000342. The first-order valence-corrected chi connectivity index (χ1v) is 10.6. The van der Waals surface area contributed by atoms with Crippen LogP contribution in [-0.4, -0.2) is 51.9 Å². The van der Waals surface area contributed by atoms with E-state index in [4.69, 9.17) is 4.74 Å². The second kappa shape index (κ2) is 11.6. The minimum absolute atomic E-state index is 0. The van der Waals surface area contributed by atoms with Gasteiger partial charge in [0.05, 0.1) is 24.6 Å². The highest BCUT2D eigenvalue weighted by Gasteiger charge is 2.09. The first-order chi connectivity index (χ1) is 16.4. The van der Waals surface area contributed by atoms with Crippen LogP contribution in [0.25, 0.3) is 22.6 Å². The topological polar surface area (TPSA) is 73.1 Å². The first-order valence-electron chi connectivity index (χ1n) is 10.6. The van der Waals surface area contributed by atoms with E-state index < -0.39 is 11.6 Å². The molecule has 0 saturated carbocycles. The maximum atomic E-state index is 13.6. The molecule has 0 spiro atoms. The van der Waals surface area contributed by atoms with Crippen LogP contribution in [0, 0.1) is 11.6 Å². The molecule has 0 saturated heterocycles. The number of benzene rings is 2. The van der Waals surface area contributed by atoms with Gasteiger partial charge in [-0.1, -0.05) is 18.2 Å². The van der Waals surface area contributed by atoms with Gasteiger partial charge in [0.15, 0.2) is 11.6 Å². The van der Waals surface area contributed by atoms with E-state index in [0.717, 1.165) is 23.7 Å². The van der Waals surface area contributed by atoms with Crippen LogP contribution in [0.2, 0.25) is 0 Å². The molecule has 0 N–H and O–H groups in total. The van der Waals surface area contributed by atoms with Crippen molar-refractivity contribution in [3.63, 3.8) is 0 Å². The predicted molar refractivity (Wildman–Crippen MR) is 132 cm³/mol. The molecule has 0 aliphatic heterocycles.